The number of non-ortho nitro benzene ring substituents is 1. The highest BCUT2D eigenvalue weighted by Crippen LogP contribution is 2.29. The number of carbonyl (C=O) groups excluding carboxylic acids is 1. The monoisotopic (exact) mass is 489 g/mol. The molecule has 0 radical (unpaired) electrons. The van der Waals surface area contributed by atoms with Crippen LogP contribution >= 0.6 is 23.1 Å². The first-order chi connectivity index (χ1) is 16.6. The number of nitrogens with one attached hydrogen (secondary N) is 1. The minimum absolute atomic E-state index is 0.0146. The lowest BCUT2D eigenvalue weighted by molar-refractivity contribution is -0.384. The van der Waals surface area contributed by atoms with Crippen molar-refractivity contribution in [1.82, 2.24) is 24.7 Å². The average Bonchev–Trinajstić information content (AvgIpc) is 3.51. The van der Waals surface area contributed by atoms with Gasteiger partial charge in [-0.15, -0.1) is 11.3 Å². The Morgan fingerprint density at radius 2 is 2.00 bits per heavy atom. The van der Waals surface area contributed by atoms with Crippen LogP contribution in [0, 0.1) is 10.1 Å². The third-order valence-electron chi connectivity index (χ3n) is 4.77. The largest absolute Gasteiger partial charge is 0.301 e. The molecule has 12 heteroatoms. The van der Waals surface area contributed by atoms with Crippen molar-refractivity contribution in [3.8, 4) is 16.9 Å². The molecular formula is C22H15N7O3S2. The van der Waals surface area contributed by atoms with Crippen LogP contribution in [0.15, 0.2) is 77.5 Å². The predicted molar refractivity (Wildman–Crippen MR) is 130 cm³/mol. The molecule has 0 saturated heterocycles. The fourth-order valence-electron chi connectivity index (χ4n) is 3.23. The number of nitrogens with zero attached hydrogens (tertiary/aromatic N) is 6. The Morgan fingerprint density at radius 3 is 2.82 bits per heavy atom. The summed E-state index contributed by atoms with van der Waals surface area (Å²) in [6.45, 7) is 0. The van der Waals surface area contributed by atoms with E-state index < -0.39 is 4.92 Å². The van der Waals surface area contributed by atoms with Crippen molar-refractivity contribution >= 4 is 50.9 Å². The summed E-state index contributed by atoms with van der Waals surface area (Å²) in [5.41, 5.74) is 2.69. The quantitative estimate of drug-likeness (QED) is 0.152. The van der Waals surface area contributed by atoms with Crippen molar-refractivity contribution in [2.24, 2.45) is 0 Å². The van der Waals surface area contributed by atoms with Crippen LogP contribution in [0.1, 0.15) is 0 Å². The van der Waals surface area contributed by atoms with Crippen LogP contribution in [0.2, 0.25) is 0 Å². The summed E-state index contributed by atoms with van der Waals surface area (Å²) in [6.07, 6.45) is 3.14. The zero-order valence-corrected chi connectivity index (χ0v) is 19.0. The highest BCUT2D eigenvalue weighted by molar-refractivity contribution is 8.00. The van der Waals surface area contributed by atoms with E-state index in [1.54, 1.807) is 28.4 Å². The van der Waals surface area contributed by atoms with Gasteiger partial charge in [0.25, 0.3) is 5.69 Å². The van der Waals surface area contributed by atoms with E-state index in [0.29, 0.717) is 27.1 Å². The molecule has 0 aliphatic rings. The van der Waals surface area contributed by atoms with E-state index in [1.165, 1.54) is 41.6 Å². The van der Waals surface area contributed by atoms with Crippen molar-refractivity contribution in [2.45, 2.75) is 5.03 Å². The molecule has 0 fully saturated rings. The molecule has 10 nitrogen and oxygen atoms in total. The smallest absolute Gasteiger partial charge is 0.270 e. The molecule has 5 aromatic rings. The van der Waals surface area contributed by atoms with Gasteiger partial charge >= 0.3 is 0 Å². The van der Waals surface area contributed by atoms with Gasteiger partial charge in [0.1, 0.15) is 11.4 Å². The topological polar surface area (TPSA) is 129 Å². The van der Waals surface area contributed by atoms with Gasteiger partial charge in [-0.05, 0) is 12.1 Å². The molecule has 0 aliphatic heterocycles. The third-order valence-corrected chi connectivity index (χ3v) is 6.54. The number of para-hydroxylation sites is 1. The Morgan fingerprint density at radius 1 is 1.15 bits per heavy atom. The minimum Gasteiger partial charge on any atom is -0.301 e. The lowest BCUT2D eigenvalue weighted by atomic mass is 10.1. The van der Waals surface area contributed by atoms with Gasteiger partial charge in [-0.1, -0.05) is 42.1 Å². The first-order valence-electron chi connectivity index (χ1n) is 9.95. The lowest BCUT2D eigenvalue weighted by Crippen LogP contribution is -2.14. The lowest BCUT2D eigenvalue weighted by Gasteiger charge is -2.04. The number of thiazole rings is 1. The molecule has 0 spiro atoms. The van der Waals surface area contributed by atoms with Gasteiger partial charge in [0.15, 0.2) is 10.8 Å². The normalized spacial score (nSPS) is 10.9. The van der Waals surface area contributed by atoms with E-state index in [1.807, 2.05) is 30.3 Å². The van der Waals surface area contributed by atoms with Gasteiger partial charge in [-0.2, -0.15) is 5.10 Å². The summed E-state index contributed by atoms with van der Waals surface area (Å²) in [4.78, 5) is 36.1. The van der Waals surface area contributed by atoms with Gasteiger partial charge < -0.3 is 5.32 Å². The summed E-state index contributed by atoms with van der Waals surface area (Å²) < 4.78 is 1.73. The summed E-state index contributed by atoms with van der Waals surface area (Å²) >= 11 is 2.53. The van der Waals surface area contributed by atoms with E-state index in [9.17, 15) is 14.9 Å². The van der Waals surface area contributed by atoms with E-state index >= 15 is 0 Å². The van der Waals surface area contributed by atoms with Crippen LogP contribution in [0.25, 0.3) is 28.0 Å². The maximum absolute atomic E-state index is 12.5. The maximum Gasteiger partial charge on any atom is 0.270 e. The second-order valence-corrected chi connectivity index (χ2v) is 8.81. The van der Waals surface area contributed by atoms with Crippen molar-refractivity contribution < 1.29 is 9.72 Å². The number of nitro benzene ring substituents is 1. The Bertz CT molecular complexity index is 1500. The first kappa shape index (κ1) is 21.7. The van der Waals surface area contributed by atoms with Gasteiger partial charge in [0.2, 0.25) is 5.91 Å². The molecule has 168 valence electrons. The van der Waals surface area contributed by atoms with Crippen LogP contribution < -0.4 is 5.32 Å². The predicted octanol–water partition coefficient (Wildman–Crippen LogP) is 4.58. The molecule has 3 aromatic heterocycles. The van der Waals surface area contributed by atoms with E-state index in [-0.39, 0.29) is 17.3 Å². The number of hydrogen-bond donors (Lipinski definition) is 1. The molecule has 2 aromatic carbocycles. The zero-order chi connectivity index (χ0) is 23.5. The van der Waals surface area contributed by atoms with E-state index in [2.05, 4.69) is 25.4 Å². The number of rotatable bonds is 7. The standard InChI is InChI=1S/C22H15N7O3S2/c30-19(27-22-26-18(11-34-22)14-5-4-8-16(9-14)29(31)32)12-33-21-17-10-25-28(20(17)23-13-24-21)15-6-2-1-3-7-15/h1-11,13H,12H2,(H,26,27,30). The number of carbonyl (C=O) groups is 1. The van der Waals surface area contributed by atoms with Gasteiger partial charge in [0, 0.05) is 23.1 Å². The summed E-state index contributed by atoms with van der Waals surface area (Å²) in [7, 11) is 0. The number of amides is 1. The van der Waals surface area contributed by atoms with Crippen LogP contribution in [0.5, 0.6) is 0 Å². The van der Waals surface area contributed by atoms with Crippen molar-refractivity contribution in [2.75, 3.05) is 11.1 Å². The SMILES string of the molecule is O=C(CSc1ncnc2c1cnn2-c1ccccc1)Nc1nc(-c2cccc([N+](=O)[O-])c2)cs1. The van der Waals surface area contributed by atoms with Gasteiger partial charge in [-0.25, -0.2) is 19.6 Å². The van der Waals surface area contributed by atoms with Crippen LogP contribution in [0.3, 0.4) is 0 Å². The van der Waals surface area contributed by atoms with E-state index in [4.69, 9.17) is 0 Å². The number of thioether (sulfide) groups is 1. The Balaban J connectivity index is 1.26. The number of anilines is 1. The van der Waals surface area contributed by atoms with Gasteiger partial charge in [0.05, 0.1) is 33.6 Å². The number of aromatic nitrogens is 5. The van der Waals surface area contributed by atoms with Gasteiger partial charge in [-0.3, -0.25) is 14.9 Å². The fourth-order valence-corrected chi connectivity index (χ4v) is 4.72. The number of nitro groups is 1. The minimum atomic E-state index is -0.455. The number of hydrogen-bond acceptors (Lipinski definition) is 9. The number of fused-ring (bicyclic) bond motifs is 1. The molecule has 5 rings (SSSR count). The van der Waals surface area contributed by atoms with Crippen LogP contribution in [-0.2, 0) is 4.79 Å². The molecular weight excluding hydrogens is 474 g/mol. The molecule has 0 atom stereocenters. The summed E-state index contributed by atoms with van der Waals surface area (Å²) in [5.74, 6) is -0.124. The Hall–Kier alpha value is -4.16. The molecule has 0 saturated carbocycles. The maximum atomic E-state index is 12.5. The molecule has 3 heterocycles. The van der Waals surface area contributed by atoms with Crippen LogP contribution in [0.4, 0.5) is 10.8 Å². The number of benzene rings is 2. The van der Waals surface area contributed by atoms with Crippen LogP contribution in [-0.4, -0.2) is 41.3 Å². The second kappa shape index (κ2) is 9.37. The summed E-state index contributed by atoms with van der Waals surface area (Å²) in [6, 6.07) is 15.9. The second-order valence-electron chi connectivity index (χ2n) is 6.99. The summed E-state index contributed by atoms with van der Waals surface area (Å²) in [5, 5.41) is 21.7. The molecule has 0 aliphatic carbocycles. The molecule has 0 bridgehead atoms. The molecule has 0 unspecified atom stereocenters. The van der Waals surface area contributed by atoms with Crippen molar-refractivity contribution in [3.63, 3.8) is 0 Å². The molecule has 1 N–H and O–H groups in total. The van der Waals surface area contributed by atoms with Crippen molar-refractivity contribution in [1.29, 1.82) is 0 Å². The first-order valence-corrected chi connectivity index (χ1v) is 11.8. The zero-order valence-electron chi connectivity index (χ0n) is 17.4. The average molecular weight is 490 g/mol. The van der Waals surface area contributed by atoms with E-state index in [0.717, 1.165) is 11.1 Å². The fraction of sp³-hybridized carbons (Fsp3) is 0.0455. The van der Waals surface area contributed by atoms with Crippen molar-refractivity contribution in [3.05, 3.63) is 82.6 Å². The molecule has 34 heavy (non-hydrogen) atoms. The molecule has 1 amide bonds. The Labute approximate surface area is 200 Å². The Kier molecular flexibility index (Phi) is 5.97. The highest BCUT2D eigenvalue weighted by atomic mass is 32.2. The third kappa shape index (κ3) is 4.49. The highest BCUT2D eigenvalue weighted by Gasteiger charge is 2.15.